The van der Waals surface area contributed by atoms with Gasteiger partial charge in [0.05, 0.1) is 22.3 Å². The molecule has 0 fully saturated rings. The Labute approximate surface area is 116 Å². The van der Waals surface area contributed by atoms with Gasteiger partial charge in [0, 0.05) is 0 Å². The molecule has 0 amide bonds. The molecule has 0 aliphatic carbocycles. The summed E-state index contributed by atoms with van der Waals surface area (Å²) in [5.41, 5.74) is -0.723. The highest BCUT2D eigenvalue weighted by Crippen LogP contribution is 2.28. The summed E-state index contributed by atoms with van der Waals surface area (Å²) in [5, 5.41) is 18.8. The molecule has 1 aliphatic heterocycles. The van der Waals surface area contributed by atoms with Crippen molar-refractivity contribution in [3.05, 3.63) is 46.5 Å². The van der Waals surface area contributed by atoms with E-state index in [9.17, 15) is 19.2 Å². The van der Waals surface area contributed by atoms with Crippen molar-refractivity contribution in [1.82, 2.24) is 0 Å². The van der Waals surface area contributed by atoms with Gasteiger partial charge in [-0.3, -0.25) is 0 Å². The summed E-state index contributed by atoms with van der Waals surface area (Å²) in [6, 6.07) is 4.93. The highest BCUT2D eigenvalue weighted by molar-refractivity contribution is 6.17. The lowest BCUT2D eigenvalue weighted by Crippen LogP contribution is -2.08. The Bertz CT molecular complexity index is 793. The molecule has 2 aromatic rings. The van der Waals surface area contributed by atoms with Gasteiger partial charge >= 0.3 is 23.9 Å². The molecule has 0 radical (unpaired) electrons. The molecule has 0 atom stereocenters. The van der Waals surface area contributed by atoms with Gasteiger partial charge in [0.25, 0.3) is 0 Å². The predicted molar refractivity (Wildman–Crippen MR) is 67.6 cm³/mol. The molecule has 104 valence electrons. The quantitative estimate of drug-likeness (QED) is 0.635. The number of rotatable bonds is 2. The van der Waals surface area contributed by atoms with Crippen molar-refractivity contribution in [2.24, 2.45) is 0 Å². The first kappa shape index (κ1) is 12.8. The van der Waals surface area contributed by atoms with Gasteiger partial charge in [-0.15, -0.1) is 0 Å². The maximum atomic E-state index is 11.5. The highest BCUT2D eigenvalue weighted by Gasteiger charge is 2.30. The highest BCUT2D eigenvalue weighted by atomic mass is 16.6. The van der Waals surface area contributed by atoms with E-state index in [-0.39, 0.29) is 11.1 Å². The van der Waals surface area contributed by atoms with Gasteiger partial charge in [-0.25, -0.2) is 19.2 Å². The average molecular weight is 286 g/mol. The van der Waals surface area contributed by atoms with E-state index in [0.29, 0.717) is 10.8 Å². The largest absolute Gasteiger partial charge is 0.478 e. The van der Waals surface area contributed by atoms with Gasteiger partial charge < -0.3 is 14.9 Å². The van der Waals surface area contributed by atoms with Crippen molar-refractivity contribution in [1.29, 1.82) is 0 Å². The van der Waals surface area contributed by atoms with Crippen LogP contribution < -0.4 is 0 Å². The number of cyclic esters (lactones) is 2. The van der Waals surface area contributed by atoms with Crippen LogP contribution in [-0.2, 0) is 4.74 Å². The summed E-state index contributed by atoms with van der Waals surface area (Å²) in [6.45, 7) is 0. The van der Waals surface area contributed by atoms with Crippen molar-refractivity contribution in [2.45, 2.75) is 0 Å². The molecule has 21 heavy (non-hydrogen) atoms. The third kappa shape index (κ3) is 1.83. The Hall–Kier alpha value is -3.22. The number of benzene rings is 2. The zero-order chi connectivity index (χ0) is 15.3. The molecule has 0 bridgehead atoms. The van der Waals surface area contributed by atoms with E-state index in [1.165, 1.54) is 12.1 Å². The number of carboxylic acids is 2. The van der Waals surface area contributed by atoms with Crippen LogP contribution in [0.1, 0.15) is 41.4 Å². The lowest BCUT2D eigenvalue weighted by molar-refractivity contribution is 0.0442. The number of fused-ring (bicyclic) bond motifs is 2. The van der Waals surface area contributed by atoms with Crippen molar-refractivity contribution in [3.63, 3.8) is 0 Å². The molecule has 2 aromatic carbocycles. The lowest BCUT2D eigenvalue weighted by Gasteiger charge is -2.06. The summed E-state index contributed by atoms with van der Waals surface area (Å²) in [5.74, 6) is -4.41. The number of hydrogen-bond donors (Lipinski definition) is 2. The Balaban J connectivity index is 2.37. The van der Waals surface area contributed by atoms with E-state index in [0.717, 1.165) is 12.1 Å². The minimum Gasteiger partial charge on any atom is -0.478 e. The molecule has 0 unspecified atom stereocenters. The SMILES string of the molecule is O=C(O)c1cc2cc3c(cc2cc1C(=O)O)C(=O)OC3=O. The molecule has 7 heteroatoms. The summed E-state index contributed by atoms with van der Waals surface area (Å²) < 4.78 is 4.45. The number of carboxylic acid groups (broad SMARTS) is 2. The van der Waals surface area contributed by atoms with Gasteiger partial charge in [-0.2, -0.15) is 0 Å². The molecule has 0 aromatic heterocycles. The first-order chi connectivity index (χ1) is 9.88. The van der Waals surface area contributed by atoms with Crippen molar-refractivity contribution in [3.8, 4) is 0 Å². The number of carbonyl (C=O) groups is 4. The van der Waals surface area contributed by atoms with E-state index in [2.05, 4.69) is 4.74 Å². The Morgan fingerprint density at radius 1 is 0.762 bits per heavy atom. The fourth-order valence-electron chi connectivity index (χ4n) is 2.24. The van der Waals surface area contributed by atoms with E-state index in [4.69, 9.17) is 10.2 Å². The second-order valence-electron chi connectivity index (χ2n) is 4.43. The third-order valence-electron chi connectivity index (χ3n) is 3.20. The van der Waals surface area contributed by atoms with Crippen molar-refractivity contribution < 1.29 is 34.1 Å². The van der Waals surface area contributed by atoms with Crippen molar-refractivity contribution in [2.75, 3.05) is 0 Å². The molecule has 0 saturated heterocycles. The molecule has 1 aliphatic rings. The summed E-state index contributed by atoms with van der Waals surface area (Å²) >= 11 is 0. The van der Waals surface area contributed by atoms with Crippen LogP contribution in [0, 0.1) is 0 Å². The van der Waals surface area contributed by atoms with Crippen LogP contribution in [0.5, 0.6) is 0 Å². The van der Waals surface area contributed by atoms with Crippen LogP contribution in [0.2, 0.25) is 0 Å². The van der Waals surface area contributed by atoms with Gasteiger partial charge in [0.15, 0.2) is 0 Å². The molecule has 3 rings (SSSR count). The number of ether oxygens (including phenoxy) is 1. The average Bonchev–Trinajstić information content (AvgIpc) is 2.69. The first-order valence-corrected chi connectivity index (χ1v) is 5.73. The first-order valence-electron chi connectivity index (χ1n) is 5.73. The predicted octanol–water partition coefficient (Wildman–Crippen LogP) is 1.55. The van der Waals surface area contributed by atoms with Crippen LogP contribution in [0.25, 0.3) is 10.8 Å². The van der Waals surface area contributed by atoms with Crippen LogP contribution in [0.15, 0.2) is 24.3 Å². The topological polar surface area (TPSA) is 118 Å². The van der Waals surface area contributed by atoms with Crippen molar-refractivity contribution >= 4 is 34.6 Å². The Morgan fingerprint density at radius 3 is 1.48 bits per heavy atom. The number of esters is 2. The van der Waals surface area contributed by atoms with E-state index < -0.39 is 35.0 Å². The third-order valence-corrected chi connectivity index (χ3v) is 3.20. The lowest BCUT2D eigenvalue weighted by atomic mass is 9.97. The van der Waals surface area contributed by atoms with Gasteiger partial charge in [0.1, 0.15) is 0 Å². The van der Waals surface area contributed by atoms with Crippen LogP contribution >= 0.6 is 0 Å². The summed E-state index contributed by atoms with van der Waals surface area (Å²) in [6.07, 6.45) is 0. The fraction of sp³-hybridized carbons (Fsp3) is 0. The van der Waals surface area contributed by atoms with E-state index in [1.54, 1.807) is 0 Å². The molecule has 0 spiro atoms. The fourth-order valence-corrected chi connectivity index (χ4v) is 2.24. The van der Waals surface area contributed by atoms with E-state index in [1.807, 2.05) is 0 Å². The number of aromatic carboxylic acids is 2. The monoisotopic (exact) mass is 286 g/mol. The second kappa shape index (κ2) is 4.14. The smallest absolute Gasteiger partial charge is 0.346 e. The zero-order valence-electron chi connectivity index (χ0n) is 10.2. The maximum absolute atomic E-state index is 11.5. The molecule has 1 heterocycles. The molecule has 2 N–H and O–H groups in total. The summed E-state index contributed by atoms with van der Waals surface area (Å²) in [4.78, 5) is 45.1. The van der Waals surface area contributed by atoms with E-state index >= 15 is 0 Å². The van der Waals surface area contributed by atoms with Gasteiger partial charge in [-0.05, 0) is 35.0 Å². The zero-order valence-corrected chi connectivity index (χ0v) is 10.2. The van der Waals surface area contributed by atoms with Crippen LogP contribution in [0.3, 0.4) is 0 Å². The molecular formula is C14H6O7. The Morgan fingerprint density at radius 2 is 1.14 bits per heavy atom. The standard InChI is InChI=1S/C14H6O7/c15-11(16)7-1-5-3-9-10(14(20)21-13(9)19)4-6(5)2-8(7)12(17)18/h1-4H,(H,15,16)(H,17,18). The Kier molecular flexibility index (Phi) is 2.52. The van der Waals surface area contributed by atoms with Gasteiger partial charge in [-0.1, -0.05) is 0 Å². The second-order valence-corrected chi connectivity index (χ2v) is 4.43. The maximum Gasteiger partial charge on any atom is 0.346 e. The molecular weight excluding hydrogens is 280 g/mol. The van der Waals surface area contributed by atoms with Crippen LogP contribution in [-0.4, -0.2) is 34.1 Å². The minimum atomic E-state index is -1.39. The van der Waals surface area contributed by atoms with Gasteiger partial charge in [0.2, 0.25) is 0 Å². The number of carbonyl (C=O) groups excluding carboxylic acids is 2. The summed E-state index contributed by atoms with van der Waals surface area (Å²) in [7, 11) is 0. The van der Waals surface area contributed by atoms with Crippen LogP contribution in [0.4, 0.5) is 0 Å². The molecule has 0 saturated carbocycles. The normalized spacial score (nSPS) is 13.1. The minimum absolute atomic E-state index is 0.0342. The number of hydrogen-bond acceptors (Lipinski definition) is 5. The molecule has 7 nitrogen and oxygen atoms in total.